The van der Waals surface area contributed by atoms with Crippen molar-refractivity contribution in [3.63, 3.8) is 0 Å². The number of rotatable bonds is 7. The van der Waals surface area contributed by atoms with Gasteiger partial charge in [-0.05, 0) is 52.8 Å². The van der Waals surface area contributed by atoms with Gasteiger partial charge in [-0.2, -0.15) is 0 Å². The van der Waals surface area contributed by atoms with Gasteiger partial charge in [0.05, 0.1) is 11.7 Å². The molecule has 5 aromatic rings. The summed E-state index contributed by atoms with van der Waals surface area (Å²) in [4.78, 5) is 8.77. The number of nitrogens with zero attached hydrogens (tertiary/aromatic N) is 5. The van der Waals surface area contributed by atoms with Crippen molar-refractivity contribution < 1.29 is 9.37 Å². The fourth-order valence-corrected chi connectivity index (χ4v) is 3.31. The second-order valence-corrected chi connectivity index (χ2v) is 6.77. The number of anilines is 2. The van der Waals surface area contributed by atoms with E-state index in [0.717, 1.165) is 22.6 Å². The SMILES string of the molecule is Nc1nonc1-c1nc2cnccc2n1-c1ccc(OCCNc2ccccc2)cc1. The van der Waals surface area contributed by atoms with E-state index in [4.69, 9.17) is 15.1 Å². The zero-order valence-corrected chi connectivity index (χ0v) is 16.5. The van der Waals surface area contributed by atoms with Crippen LogP contribution in [0, 0.1) is 0 Å². The second-order valence-electron chi connectivity index (χ2n) is 6.77. The quantitative estimate of drug-likeness (QED) is 0.389. The second kappa shape index (κ2) is 8.15. The minimum atomic E-state index is 0.176. The van der Waals surface area contributed by atoms with Crippen molar-refractivity contribution in [3.05, 3.63) is 73.1 Å². The van der Waals surface area contributed by atoms with Gasteiger partial charge in [-0.1, -0.05) is 18.2 Å². The van der Waals surface area contributed by atoms with Crippen molar-refractivity contribution in [2.75, 3.05) is 24.2 Å². The van der Waals surface area contributed by atoms with Crippen molar-refractivity contribution >= 4 is 22.5 Å². The molecule has 154 valence electrons. The van der Waals surface area contributed by atoms with Crippen LogP contribution >= 0.6 is 0 Å². The van der Waals surface area contributed by atoms with Gasteiger partial charge in [0.1, 0.15) is 17.9 Å². The molecule has 31 heavy (non-hydrogen) atoms. The Hall–Kier alpha value is -4.40. The van der Waals surface area contributed by atoms with E-state index in [1.807, 2.05) is 65.2 Å². The van der Waals surface area contributed by atoms with Crippen LogP contribution in [0.2, 0.25) is 0 Å². The number of pyridine rings is 1. The highest BCUT2D eigenvalue weighted by molar-refractivity contribution is 5.83. The maximum absolute atomic E-state index is 5.91. The molecule has 0 amide bonds. The van der Waals surface area contributed by atoms with Crippen molar-refractivity contribution in [3.8, 4) is 23.0 Å². The van der Waals surface area contributed by atoms with Crippen LogP contribution in [-0.4, -0.2) is 38.0 Å². The molecule has 0 bridgehead atoms. The Bertz CT molecular complexity index is 1300. The predicted molar refractivity (Wildman–Crippen MR) is 117 cm³/mol. The number of aromatic nitrogens is 5. The molecule has 0 unspecified atom stereocenters. The Morgan fingerprint density at radius 1 is 1.00 bits per heavy atom. The summed E-state index contributed by atoms with van der Waals surface area (Å²) in [5.74, 6) is 1.48. The molecule has 9 nitrogen and oxygen atoms in total. The third-order valence-corrected chi connectivity index (χ3v) is 4.75. The number of fused-ring (bicyclic) bond motifs is 1. The minimum Gasteiger partial charge on any atom is -0.492 e. The topological polar surface area (TPSA) is 117 Å². The van der Waals surface area contributed by atoms with Crippen molar-refractivity contribution in [1.82, 2.24) is 24.8 Å². The largest absolute Gasteiger partial charge is 0.492 e. The van der Waals surface area contributed by atoms with Gasteiger partial charge in [-0.25, -0.2) is 9.61 Å². The van der Waals surface area contributed by atoms with E-state index in [1.165, 1.54) is 0 Å². The lowest BCUT2D eigenvalue weighted by Gasteiger charge is -2.11. The molecule has 0 atom stereocenters. The van der Waals surface area contributed by atoms with Crippen molar-refractivity contribution in [1.29, 1.82) is 0 Å². The first-order chi connectivity index (χ1) is 15.3. The number of nitrogens with one attached hydrogen (secondary N) is 1. The fraction of sp³-hybridized carbons (Fsp3) is 0.0909. The molecule has 0 radical (unpaired) electrons. The van der Waals surface area contributed by atoms with Crippen molar-refractivity contribution in [2.45, 2.75) is 0 Å². The average molecular weight is 413 g/mol. The van der Waals surface area contributed by atoms with Gasteiger partial charge in [0.25, 0.3) is 0 Å². The standard InChI is InChI=1S/C22H19N7O2/c23-21-20(27-31-28-21)22-26-18-14-24-11-10-19(18)29(22)16-6-8-17(9-7-16)30-13-12-25-15-4-2-1-3-5-15/h1-11,14,25H,12-13H2,(H2,23,28). The molecule has 0 aliphatic carbocycles. The Kier molecular flexibility index (Phi) is 4.89. The van der Waals surface area contributed by atoms with E-state index in [0.29, 0.717) is 30.2 Å². The molecule has 3 aromatic heterocycles. The van der Waals surface area contributed by atoms with Gasteiger partial charge in [0, 0.05) is 24.1 Å². The van der Waals surface area contributed by atoms with Crippen LogP contribution in [-0.2, 0) is 0 Å². The fourth-order valence-electron chi connectivity index (χ4n) is 3.31. The summed E-state index contributed by atoms with van der Waals surface area (Å²) in [5, 5.41) is 10.9. The molecule has 0 saturated heterocycles. The summed E-state index contributed by atoms with van der Waals surface area (Å²) in [6.07, 6.45) is 3.40. The predicted octanol–water partition coefficient (Wildman–Crippen LogP) is 3.54. The lowest BCUT2D eigenvalue weighted by atomic mass is 10.2. The maximum atomic E-state index is 5.91. The lowest BCUT2D eigenvalue weighted by Crippen LogP contribution is -2.11. The summed E-state index contributed by atoms with van der Waals surface area (Å²) in [7, 11) is 0. The molecule has 3 heterocycles. The summed E-state index contributed by atoms with van der Waals surface area (Å²) in [6.45, 7) is 1.24. The van der Waals surface area contributed by atoms with Crippen LogP contribution < -0.4 is 15.8 Å². The van der Waals surface area contributed by atoms with Crippen LogP contribution in [0.3, 0.4) is 0 Å². The van der Waals surface area contributed by atoms with Crippen LogP contribution in [0.15, 0.2) is 77.7 Å². The Morgan fingerprint density at radius 3 is 2.61 bits per heavy atom. The van der Waals surface area contributed by atoms with Gasteiger partial charge in [0.15, 0.2) is 17.3 Å². The van der Waals surface area contributed by atoms with Crippen LogP contribution in [0.25, 0.3) is 28.2 Å². The highest BCUT2D eigenvalue weighted by Gasteiger charge is 2.20. The Balaban J connectivity index is 1.37. The number of benzene rings is 2. The van der Waals surface area contributed by atoms with E-state index in [1.54, 1.807) is 12.4 Å². The highest BCUT2D eigenvalue weighted by atomic mass is 16.6. The zero-order chi connectivity index (χ0) is 21.0. The molecule has 0 spiro atoms. The molecular weight excluding hydrogens is 394 g/mol. The normalized spacial score (nSPS) is 11.0. The number of para-hydroxylation sites is 1. The Labute approximate surface area is 177 Å². The summed E-state index contributed by atoms with van der Waals surface area (Å²) in [5.41, 5.74) is 9.82. The minimum absolute atomic E-state index is 0.176. The number of nitrogens with two attached hydrogens (primary N) is 1. The zero-order valence-electron chi connectivity index (χ0n) is 16.5. The maximum Gasteiger partial charge on any atom is 0.199 e. The van der Waals surface area contributed by atoms with Gasteiger partial charge in [0.2, 0.25) is 0 Å². The number of hydrogen-bond donors (Lipinski definition) is 2. The Morgan fingerprint density at radius 2 is 1.84 bits per heavy atom. The van der Waals surface area contributed by atoms with Crippen LogP contribution in [0.4, 0.5) is 11.5 Å². The van der Waals surface area contributed by atoms with E-state index >= 15 is 0 Å². The third kappa shape index (κ3) is 3.76. The molecule has 0 saturated carbocycles. The van der Waals surface area contributed by atoms with E-state index in [-0.39, 0.29) is 5.82 Å². The third-order valence-electron chi connectivity index (χ3n) is 4.75. The molecule has 9 heteroatoms. The number of imidazole rings is 1. The number of ether oxygens (including phenoxy) is 1. The average Bonchev–Trinajstić information content (AvgIpc) is 3.41. The first kappa shape index (κ1) is 18.6. The smallest absolute Gasteiger partial charge is 0.199 e. The van der Waals surface area contributed by atoms with E-state index in [9.17, 15) is 0 Å². The summed E-state index contributed by atoms with van der Waals surface area (Å²) >= 11 is 0. The van der Waals surface area contributed by atoms with Gasteiger partial charge in [-0.3, -0.25) is 9.55 Å². The van der Waals surface area contributed by atoms with E-state index in [2.05, 4.69) is 25.6 Å². The molecule has 3 N–H and O–H groups in total. The monoisotopic (exact) mass is 413 g/mol. The van der Waals surface area contributed by atoms with Crippen LogP contribution in [0.1, 0.15) is 0 Å². The molecule has 0 fully saturated rings. The lowest BCUT2D eigenvalue weighted by molar-refractivity contribution is 0.310. The van der Waals surface area contributed by atoms with Gasteiger partial charge < -0.3 is 15.8 Å². The van der Waals surface area contributed by atoms with Crippen LogP contribution in [0.5, 0.6) is 5.75 Å². The number of nitrogen functional groups attached to an aromatic ring is 1. The summed E-state index contributed by atoms with van der Waals surface area (Å²) < 4.78 is 12.6. The molecule has 0 aliphatic rings. The highest BCUT2D eigenvalue weighted by Crippen LogP contribution is 2.30. The van der Waals surface area contributed by atoms with Gasteiger partial charge in [-0.15, -0.1) is 0 Å². The molecule has 0 aliphatic heterocycles. The molecular formula is C22H19N7O2. The molecule has 5 rings (SSSR count). The molecule has 2 aromatic carbocycles. The first-order valence-corrected chi connectivity index (χ1v) is 9.72. The van der Waals surface area contributed by atoms with E-state index < -0.39 is 0 Å². The van der Waals surface area contributed by atoms with Crippen molar-refractivity contribution in [2.24, 2.45) is 0 Å². The number of hydrogen-bond acceptors (Lipinski definition) is 8. The summed E-state index contributed by atoms with van der Waals surface area (Å²) in [6, 6.07) is 19.6. The first-order valence-electron chi connectivity index (χ1n) is 9.72. The van der Waals surface area contributed by atoms with Gasteiger partial charge >= 0.3 is 0 Å².